The number of aliphatic hydroxyl groups is 1. The van der Waals surface area contributed by atoms with Crippen LogP contribution in [0.1, 0.15) is 51.2 Å². The van der Waals surface area contributed by atoms with Gasteiger partial charge < -0.3 is 9.67 Å². The Morgan fingerprint density at radius 3 is 2.79 bits per heavy atom. The highest BCUT2D eigenvalue weighted by molar-refractivity contribution is 5.00. The standard InChI is InChI=1S/C17H28N6O/c1-17(2,3)23-12-14(19-20-23)11-22-8-5-6-13(10-22)15(24)16-18-7-9-21(16)4/h7,9,12-13,15,24H,5-6,8,10-11H2,1-4H3/t13-,15+/m0/s1. The van der Waals surface area contributed by atoms with Crippen molar-refractivity contribution in [1.82, 2.24) is 29.4 Å². The maximum atomic E-state index is 10.7. The number of imidazole rings is 1. The summed E-state index contributed by atoms with van der Waals surface area (Å²) in [5.74, 6) is 0.957. The highest BCUT2D eigenvalue weighted by atomic mass is 16.3. The van der Waals surface area contributed by atoms with Crippen molar-refractivity contribution >= 4 is 0 Å². The molecule has 2 aromatic heterocycles. The highest BCUT2D eigenvalue weighted by Crippen LogP contribution is 2.29. The fraction of sp³-hybridized carbons (Fsp3) is 0.706. The fourth-order valence-electron chi connectivity index (χ4n) is 3.29. The van der Waals surface area contributed by atoms with Crippen molar-refractivity contribution in [2.45, 2.75) is 51.8 Å². The molecule has 1 aliphatic heterocycles. The summed E-state index contributed by atoms with van der Waals surface area (Å²) in [6.07, 6.45) is 7.24. The van der Waals surface area contributed by atoms with Crippen LogP contribution in [0.4, 0.5) is 0 Å². The molecule has 0 saturated carbocycles. The maximum Gasteiger partial charge on any atom is 0.137 e. The topological polar surface area (TPSA) is 72.0 Å². The SMILES string of the molecule is Cn1ccnc1[C@H](O)[C@H]1CCCN(Cc2cn(C(C)(C)C)nn2)C1. The second-order valence-corrected chi connectivity index (χ2v) is 7.80. The van der Waals surface area contributed by atoms with Crippen LogP contribution in [0.25, 0.3) is 0 Å². The number of aryl methyl sites for hydroxylation is 1. The summed E-state index contributed by atoms with van der Waals surface area (Å²) in [5, 5.41) is 19.2. The van der Waals surface area contributed by atoms with E-state index in [4.69, 9.17) is 0 Å². The van der Waals surface area contributed by atoms with Crippen LogP contribution in [0.15, 0.2) is 18.6 Å². The zero-order valence-electron chi connectivity index (χ0n) is 15.1. The number of aliphatic hydroxyl groups excluding tert-OH is 1. The van der Waals surface area contributed by atoms with Gasteiger partial charge in [-0.1, -0.05) is 5.21 Å². The largest absolute Gasteiger partial charge is 0.385 e. The molecule has 0 radical (unpaired) electrons. The Morgan fingerprint density at radius 2 is 2.17 bits per heavy atom. The third-order valence-corrected chi connectivity index (χ3v) is 4.73. The van der Waals surface area contributed by atoms with Crippen LogP contribution in [0, 0.1) is 5.92 Å². The molecule has 1 saturated heterocycles. The van der Waals surface area contributed by atoms with Crippen LogP contribution >= 0.6 is 0 Å². The smallest absolute Gasteiger partial charge is 0.137 e. The molecule has 0 amide bonds. The molecule has 0 aliphatic carbocycles. The summed E-state index contributed by atoms with van der Waals surface area (Å²) in [6.45, 7) is 9.02. The lowest BCUT2D eigenvalue weighted by atomic mass is 9.92. The summed E-state index contributed by atoms with van der Waals surface area (Å²) in [6, 6.07) is 0. The van der Waals surface area contributed by atoms with E-state index in [1.165, 1.54) is 0 Å². The second kappa shape index (κ2) is 6.64. The van der Waals surface area contributed by atoms with Gasteiger partial charge in [-0.2, -0.15) is 0 Å². The Kier molecular flexibility index (Phi) is 4.73. The zero-order chi connectivity index (χ0) is 17.3. The van der Waals surface area contributed by atoms with Crippen molar-refractivity contribution < 1.29 is 5.11 Å². The molecule has 1 aliphatic rings. The van der Waals surface area contributed by atoms with E-state index < -0.39 is 6.10 Å². The van der Waals surface area contributed by atoms with E-state index >= 15 is 0 Å². The maximum absolute atomic E-state index is 10.7. The van der Waals surface area contributed by atoms with Gasteiger partial charge in [0.1, 0.15) is 11.9 Å². The first kappa shape index (κ1) is 17.1. The van der Waals surface area contributed by atoms with Crippen molar-refractivity contribution in [2.24, 2.45) is 13.0 Å². The summed E-state index contributed by atoms with van der Waals surface area (Å²) in [4.78, 5) is 6.66. The Balaban J connectivity index is 1.63. The van der Waals surface area contributed by atoms with Crippen LogP contribution in [-0.4, -0.2) is 47.6 Å². The first-order chi connectivity index (χ1) is 11.3. The number of aromatic nitrogens is 5. The Morgan fingerprint density at radius 1 is 1.38 bits per heavy atom. The van der Waals surface area contributed by atoms with E-state index in [1.807, 2.05) is 28.7 Å². The highest BCUT2D eigenvalue weighted by Gasteiger charge is 2.29. The van der Waals surface area contributed by atoms with Crippen LogP contribution < -0.4 is 0 Å². The minimum Gasteiger partial charge on any atom is -0.385 e. The number of likely N-dealkylation sites (tertiary alicyclic amines) is 1. The Labute approximate surface area is 143 Å². The predicted molar refractivity (Wildman–Crippen MR) is 91.2 cm³/mol. The number of piperidine rings is 1. The Hall–Kier alpha value is -1.73. The predicted octanol–water partition coefficient (Wildman–Crippen LogP) is 1.71. The van der Waals surface area contributed by atoms with Gasteiger partial charge in [-0.05, 0) is 40.2 Å². The number of rotatable bonds is 4. The Bertz CT molecular complexity index is 671. The minimum atomic E-state index is -0.516. The number of hydrogen-bond acceptors (Lipinski definition) is 5. The molecule has 3 heterocycles. The van der Waals surface area contributed by atoms with Gasteiger partial charge in [-0.25, -0.2) is 9.67 Å². The normalized spacial score (nSPS) is 21.1. The van der Waals surface area contributed by atoms with E-state index in [1.54, 1.807) is 6.20 Å². The monoisotopic (exact) mass is 332 g/mol. The average molecular weight is 332 g/mol. The minimum absolute atomic E-state index is 0.0515. The third kappa shape index (κ3) is 3.67. The summed E-state index contributed by atoms with van der Waals surface area (Å²) in [5.41, 5.74) is 0.932. The van der Waals surface area contributed by atoms with Crippen molar-refractivity contribution in [3.63, 3.8) is 0 Å². The van der Waals surface area contributed by atoms with Crippen molar-refractivity contribution in [3.05, 3.63) is 30.1 Å². The van der Waals surface area contributed by atoms with Crippen LogP contribution in [0.3, 0.4) is 0 Å². The lowest BCUT2D eigenvalue weighted by Crippen LogP contribution is -2.38. The van der Waals surface area contributed by atoms with Crippen molar-refractivity contribution in [1.29, 1.82) is 0 Å². The molecule has 0 spiro atoms. The molecule has 1 fully saturated rings. The summed E-state index contributed by atoms with van der Waals surface area (Å²) >= 11 is 0. The molecule has 1 N–H and O–H groups in total. The van der Waals surface area contributed by atoms with Gasteiger partial charge in [0.15, 0.2) is 0 Å². The lowest BCUT2D eigenvalue weighted by Gasteiger charge is -2.34. The van der Waals surface area contributed by atoms with Crippen LogP contribution in [-0.2, 0) is 19.1 Å². The van der Waals surface area contributed by atoms with E-state index in [2.05, 4.69) is 41.0 Å². The first-order valence-electron chi connectivity index (χ1n) is 8.64. The van der Waals surface area contributed by atoms with Gasteiger partial charge in [0.2, 0.25) is 0 Å². The molecule has 7 nitrogen and oxygen atoms in total. The van der Waals surface area contributed by atoms with E-state index in [0.29, 0.717) is 0 Å². The number of nitrogens with zero attached hydrogens (tertiary/aromatic N) is 6. The van der Waals surface area contributed by atoms with E-state index in [0.717, 1.165) is 44.0 Å². The fourth-order valence-corrected chi connectivity index (χ4v) is 3.29. The second-order valence-electron chi connectivity index (χ2n) is 7.80. The number of hydrogen-bond donors (Lipinski definition) is 1. The molecule has 0 bridgehead atoms. The van der Waals surface area contributed by atoms with E-state index in [-0.39, 0.29) is 11.5 Å². The average Bonchev–Trinajstić information content (AvgIpc) is 3.15. The summed E-state index contributed by atoms with van der Waals surface area (Å²) < 4.78 is 3.81. The van der Waals surface area contributed by atoms with Gasteiger partial charge in [-0.15, -0.1) is 5.10 Å². The van der Waals surface area contributed by atoms with Gasteiger partial charge in [0.25, 0.3) is 0 Å². The van der Waals surface area contributed by atoms with Gasteiger partial charge in [0, 0.05) is 38.4 Å². The summed E-state index contributed by atoms with van der Waals surface area (Å²) in [7, 11) is 1.93. The molecule has 3 rings (SSSR count). The van der Waals surface area contributed by atoms with Crippen LogP contribution in [0.2, 0.25) is 0 Å². The van der Waals surface area contributed by atoms with Crippen molar-refractivity contribution in [2.75, 3.05) is 13.1 Å². The third-order valence-electron chi connectivity index (χ3n) is 4.73. The zero-order valence-corrected chi connectivity index (χ0v) is 15.1. The van der Waals surface area contributed by atoms with E-state index in [9.17, 15) is 5.11 Å². The molecule has 0 aromatic carbocycles. The molecule has 2 atom stereocenters. The van der Waals surface area contributed by atoms with Gasteiger partial charge >= 0.3 is 0 Å². The molecular weight excluding hydrogens is 304 g/mol. The molecule has 7 heteroatoms. The molecule has 0 unspecified atom stereocenters. The van der Waals surface area contributed by atoms with Crippen LogP contribution in [0.5, 0.6) is 0 Å². The first-order valence-corrected chi connectivity index (χ1v) is 8.64. The lowest BCUT2D eigenvalue weighted by molar-refractivity contribution is 0.0401. The van der Waals surface area contributed by atoms with Gasteiger partial charge in [0.05, 0.1) is 17.4 Å². The molecule has 24 heavy (non-hydrogen) atoms. The molecule has 2 aromatic rings. The quantitative estimate of drug-likeness (QED) is 0.923. The van der Waals surface area contributed by atoms with Crippen molar-refractivity contribution in [3.8, 4) is 0 Å². The van der Waals surface area contributed by atoms with Gasteiger partial charge in [-0.3, -0.25) is 4.90 Å². The molecule has 132 valence electrons. The molecular formula is C17H28N6O.